The molecule has 6 heteroatoms. The zero-order chi connectivity index (χ0) is 14.8. The van der Waals surface area contributed by atoms with E-state index in [0.29, 0.717) is 10.6 Å². The lowest BCUT2D eigenvalue weighted by molar-refractivity contribution is -0.137. The molecule has 1 aromatic heterocycles. The van der Waals surface area contributed by atoms with Crippen molar-refractivity contribution in [3.63, 3.8) is 0 Å². The first-order valence-corrected chi connectivity index (χ1v) is 6.49. The molecular formula is C14H10F3NOS. The third-order valence-corrected chi connectivity index (χ3v) is 3.59. The van der Waals surface area contributed by atoms with Crippen molar-refractivity contribution in [3.05, 3.63) is 53.2 Å². The summed E-state index contributed by atoms with van der Waals surface area (Å²) < 4.78 is 37.2. The van der Waals surface area contributed by atoms with Crippen molar-refractivity contribution >= 4 is 18.0 Å². The molecule has 0 bridgehead atoms. The average molecular weight is 297 g/mol. The summed E-state index contributed by atoms with van der Waals surface area (Å²) in [7, 11) is 0. The van der Waals surface area contributed by atoms with E-state index in [1.807, 2.05) is 0 Å². The van der Waals surface area contributed by atoms with Gasteiger partial charge in [0.2, 0.25) is 0 Å². The lowest BCUT2D eigenvalue weighted by Crippen LogP contribution is -2.04. The molecule has 0 aliphatic carbocycles. The van der Waals surface area contributed by atoms with Crippen LogP contribution in [-0.4, -0.2) is 11.3 Å². The van der Waals surface area contributed by atoms with Crippen molar-refractivity contribution < 1.29 is 18.0 Å². The lowest BCUT2D eigenvalue weighted by atomic mass is 10.1. The van der Waals surface area contributed by atoms with Crippen LogP contribution in [0.3, 0.4) is 0 Å². The molecule has 0 unspecified atom stereocenters. The molecule has 0 aliphatic rings. The number of aromatic nitrogens is 1. The Morgan fingerprint density at radius 2 is 1.95 bits per heavy atom. The van der Waals surface area contributed by atoms with E-state index in [0.717, 1.165) is 29.0 Å². The third-order valence-electron chi connectivity index (χ3n) is 2.65. The van der Waals surface area contributed by atoms with Crippen LogP contribution in [0.1, 0.15) is 21.5 Å². The number of carbonyl (C=O) groups is 1. The number of hydrogen-bond donors (Lipinski definition) is 0. The van der Waals surface area contributed by atoms with E-state index in [9.17, 15) is 18.0 Å². The second kappa shape index (κ2) is 5.66. The second-order valence-corrected chi connectivity index (χ2v) is 5.21. The molecule has 2 aromatic rings. The maximum atomic E-state index is 12.4. The largest absolute Gasteiger partial charge is 0.417 e. The van der Waals surface area contributed by atoms with Crippen LogP contribution in [0.2, 0.25) is 0 Å². The number of benzene rings is 1. The van der Waals surface area contributed by atoms with Gasteiger partial charge in [-0.05, 0) is 36.8 Å². The monoisotopic (exact) mass is 297 g/mol. The Hall–Kier alpha value is -1.82. The SMILES string of the molecule is Cc1cc(Sc2ccc(C(F)(F)F)cn2)ccc1C=O. The van der Waals surface area contributed by atoms with Crippen molar-refractivity contribution in [2.75, 3.05) is 0 Å². The number of pyridine rings is 1. The number of hydrogen-bond acceptors (Lipinski definition) is 3. The first kappa shape index (κ1) is 14.6. The Morgan fingerprint density at radius 1 is 1.20 bits per heavy atom. The molecule has 0 saturated heterocycles. The zero-order valence-corrected chi connectivity index (χ0v) is 11.3. The van der Waals surface area contributed by atoms with Gasteiger partial charge < -0.3 is 0 Å². The molecule has 0 radical (unpaired) electrons. The molecule has 2 nitrogen and oxygen atoms in total. The van der Waals surface area contributed by atoms with E-state index < -0.39 is 11.7 Å². The van der Waals surface area contributed by atoms with Crippen molar-refractivity contribution in [2.24, 2.45) is 0 Å². The van der Waals surface area contributed by atoms with Crippen molar-refractivity contribution in [1.82, 2.24) is 4.98 Å². The number of carbonyl (C=O) groups excluding carboxylic acids is 1. The standard InChI is InChI=1S/C14H10F3NOS/c1-9-6-12(4-2-10(9)8-19)20-13-5-3-11(7-18-13)14(15,16)17/h2-8H,1H3. The van der Waals surface area contributed by atoms with Crippen molar-refractivity contribution in [1.29, 1.82) is 0 Å². The van der Waals surface area contributed by atoms with Crippen LogP contribution < -0.4 is 0 Å². The number of nitrogens with zero attached hydrogens (tertiary/aromatic N) is 1. The highest BCUT2D eigenvalue weighted by Gasteiger charge is 2.30. The van der Waals surface area contributed by atoms with Gasteiger partial charge in [0.05, 0.1) is 5.56 Å². The molecule has 0 aliphatic heterocycles. The fourth-order valence-corrected chi connectivity index (χ4v) is 2.43. The van der Waals surface area contributed by atoms with E-state index >= 15 is 0 Å². The topological polar surface area (TPSA) is 30.0 Å². The van der Waals surface area contributed by atoms with Gasteiger partial charge in [-0.2, -0.15) is 13.2 Å². The summed E-state index contributed by atoms with van der Waals surface area (Å²) >= 11 is 1.25. The second-order valence-electron chi connectivity index (χ2n) is 4.12. The third kappa shape index (κ3) is 3.39. The Kier molecular flexibility index (Phi) is 4.13. The van der Waals surface area contributed by atoms with Gasteiger partial charge in [-0.1, -0.05) is 17.8 Å². The Bertz CT molecular complexity index is 623. The first-order valence-electron chi connectivity index (χ1n) is 5.67. The normalized spacial score (nSPS) is 11.4. The molecule has 104 valence electrons. The fraction of sp³-hybridized carbons (Fsp3) is 0.143. The van der Waals surface area contributed by atoms with Crippen LogP contribution >= 0.6 is 11.8 Å². The maximum Gasteiger partial charge on any atom is 0.417 e. The smallest absolute Gasteiger partial charge is 0.298 e. The summed E-state index contributed by atoms with van der Waals surface area (Å²) in [5.41, 5.74) is 0.640. The van der Waals surface area contributed by atoms with Gasteiger partial charge in [0.15, 0.2) is 0 Å². The Balaban J connectivity index is 2.18. The fourth-order valence-electron chi connectivity index (χ4n) is 1.57. The van der Waals surface area contributed by atoms with Crippen LogP contribution in [0.25, 0.3) is 0 Å². The maximum absolute atomic E-state index is 12.4. The highest BCUT2D eigenvalue weighted by molar-refractivity contribution is 7.99. The molecule has 2 rings (SSSR count). The van der Waals surface area contributed by atoms with Gasteiger partial charge in [-0.3, -0.25) is 4.79 Å². The van der Waals surface area contributed by atoms with E-state index in [2.05, 4.69) is 4.98 Å². The van der Waals surface area contributed by atoms with Crippen LogP contribution in [0.15, 0.2) is 46.5 Å². The highest BCUT2D eigenvalue weighted by Crippen LogP contribution is 2.31. The van der Waals surface area contributed by atoms with E-state index in [4.69, 9.17) is 0 Å². The van der Waals surface area contributed by atoms with Gasteiger partial charge in [0.25, 0.3) is 0 Å². The van der Waals surface area contributed by atoms with E-state index in [1.54, 1.807) is 25.1 Å². The molecule has 0 fully saturated rings. The highest BCUT2D eigenvalue weighted by atomic mass is 32.2. The Morgan fingerprint density at radius 3 is 2.45 bits per heavy atom. The molecular weight excluding hydrogens is 287 g/mol. The minimum atomic E-state index is -4.38. The lowest BCUT2D eigenvalue weighted by Gasteiger charge is -2.07. The average Bonchev–Trinajstić information content (AvgIpc) is 2.38. The number of aldehydes is 1. The molecule has 0 saturated carbocycles. The van der Waals surface area contributed by atoms with Gasteiger partial charge in [0, 0.05) is 16.7 Å². The van der Waals surface area contributed by atoms with Crippen LogP contribution in [0.5, 0.6) is 0 Å². The molecule has 0 atom stereocenters. The quantitative estimate of drug-likeness (QED) is 0.788. The first-order chi connectivity index (χ1) is 9.40. The van der Waals surface area contributed by atoms with E-state index in [-0.39, 0.29) is 0 Å². The predicted octanol–water partition coefficient (Wildman–Crippen LogP) is 4.37. The molecule has 0 spiro atoms. The predicted molar refractivity (Wildman–Crippen MR) is 69.9 cm³/mol. The van der Waals surface area contributed by atoms with Crippen molar-refractivity contribution in [3.8, 4) is 0 Å². The number of halogens is 3. The molecule has 1 heterocycles. The summed E-state index contributed by atoms with van der Waals surface area (Å²) in [6.45, 7) is 1.80. The number of rotatable bonds is 3. The molecule has 0 amide bonds. The number of alkyl halides is 3. The minimum absolute atomic E-state index is 0.469. The summed E-state index contributed by atoms with van der Waals surface area (Å²) in [6.07, 6.45) is -2.80. The minimum Gasteiger partial charge on any atom is -0.298 e. The summed E-state index contributed by atoms with van der Waals surface area (Å²) in [4.78, 5) is 15.3. The van der Waals surface area contributed by atoms with Gasteiger partial charge in [-0.15, -0.1) is 0 Å². The van der Waals surface area contributed by atoms with E-state index in [1.165, 1.54) is 17.8 Å². The van der Waals surface area contributed by atoms with Gasteiger partial charge in [0.1, 0.15) is 11.3 Å². The van der Waals surface area contributed by atoms with Crippen LogP contribution in [0, 0.1) is 6.92 Å². The van der Waals surface area contributed by atoms with Crippen LogP contribution in [-0.2, 0) is 6.18 Å². The molecule has 20 heavy (non-hydrogen) atoms. The summed E-state index contributed by atoms with van der Waals surface area (Å²) in [6, 6.07) is 7.54. The summed E-state index contributed by atoms with van der Waals surface area (Å²) in [5, 5.41) is 0.469. The van der Waals surface area contributed by atoms with Gasteiger partial charge >= 0.3 is 6.18 Å². The van der Waals surface area contributed by atoms with Gasteiger partial charge in [-0.25, -0.2) is 4.98 Å². The zero-order valence-electron chi connectivity index (χ0n) is 10.4. The summed E-state index contributed by atoms with van der Waals surface area (Å²) in [5.74, 6) is 0. The molecule has 1 aromatic carbocycles. The van der Waals surface area contributed by atoms with Crippen LogP contribution in [0.4, 0.5) is 13.2 Å². The number of aryl methyl sites for hydroxylation is 1. The van der Waals surface area contributed by atoms with Crippen molar-refractivity contribution in [2.45, 2.75) is 23.0 Å². The molecule has 0 N–H and O–H groups in total. The Labute approximate surface area is 118 Å².